The summed E-state index contributed by atoms with van der Waals surface area (Å²) in [6.07, 6.45) is 6.01. The second-order valence-electron chi connectivity index (χ2n) is 8.42. The van der Waals surface area contributed by atoms with Crippen LogP contribution >= 0.6 is 11.8 Å². The van der Waals surface area contributed by atoms with Crippen LogP contribution in [0.4, 0.5) is 0 Å². The average Bonchev–Trinajstić information content (AvgIpc) is 3.24. The fourth-order valence-corrected chi connectivity index (χ4v) is 6.16. The van der Waals surface area contributed by atoms with Crippen molar-refractivity contribution < 1.29 is 9.59 Å². The molecule has 0 bridgehead atoms. The smallest absolute Gasteiger partial charge is 0.255 e. The SMILES string of the molecule is Cc1ccc(C(=O)N2C(C(=O)NCc3ccccc3)CSC2C2CCCCC2)cc1. The van der Waals surface area contributed by atoms with Crippen molar-refractivity contribution in [2.24, 2.45) is 5.92 Å². The molecule has 1 aliphatic carbocycles. The Morgan fingerprint density at radius 2 is 1.70 bits per heavy atom. The topological polar surface area (TPSA) is 49.4 Å². The number of amides is 2. The van der Waals surface area contributed by atoms with Gasteiger partial charge >= 0.3 is 0 Å². The lowest BCUT2D eigenvalue weighted by Gasteiger charge is -2.35. The van der Waals surface area contributed by atoms with Crippen molar-refractivity contribution in [1.29, 1.82) is 0 Å². The summed E-state index contributed by atoms with van der Waals surface area (Å²) < 4.78 is 0. The summed E-state index contributed by atoms with van der Waals surface area (Å²) >= 11 is 1.79. The van der Waals surface area contributed by atoms with Crippen LogP contribution in [0.15, 0.2) is 54.6 Å². The molecule has 5 heteroatoms. The minimum Gasteiger partial charge on any atom is -0.350 e. The fraction of sp³-hybridized carbons (Fsp3) is 0.440. The van der Waals surface area contributed by atoms with Gasteiger partial charge in [0.1, 0.15) is 6.04 Å². The summed E-state index contributed by atoms with van der Waals surface area (Å²) in [5.74, 6) is 1.07. The van der Waals surface area contributed by atoms with Crippen molar-refractivity contribution in [1.82, 2.24) is 10.2 Å². The van der Waals surface area contributed by atoms with Crippen LogP contribution in [0, 0.1) is 12.8 Å². The molecule has 1 saturated carbocycles. The molecule has 0 aromatic heterocycles. The molecule has 2 aliphatic rings. The molecule has 4 rings (SSSR count). The first-order valence-corrected chi connectivity index (χ1v) is 12.0. The summed E-state index contributed by atoms with van der Waals surface area (Å²) in [6.45, 7) is 2.51. The molecule has 1 N–H and O–H groups in total. The maximum Gasteiger partial charge on any atom is 0.255 e. The highest BCUT2D eigenvalue weighted by Crippen LogP contribution is 2.41. The number of nitrogens with zero attached hydrogens (tertiary/aromatic N) is 1. The van der Waals surface area contributed by atoms with E-state index in [1.807, 2.05) is 66.4 Å². The highest BCUT2D eigenvalue weighted by molar-refractivity contribution is 8.00. The first-order valence-electron chi connectivity index (χ1n) is 11.0. The van der Waals surface area contributed by atoms with Gasteiger partial charge in [-0.25, -0.2) is 0 Å². The normalized spacial score (nSPS) is 22.1. The molecule has 2 amide bonds. The van der Waals surface area contributed by atoms with Crippen LogP contribution in [-0.4, -0.2) is 33.9 Å². The van der Waals surface area contributed by atoms with E-state index in [0.717, 1.165) is 24.0 Å². The predicted molar refractivity (Wildman–Crippen MR) is 122 cm³/mol. The Morgan fingerprint density at radius 3 is 2.40 bits per heavy atom. The Balaban J connectivity index is 1.53. The average molecular weight is 423 g/mol. The number of hydrogen-bond donors (Lipinski definition) is 1. The molecular formula is C25H30N2O2S. The van der Waals surface area contributed by atoms with E-state index < -0.39 is 6.04 Å². The van der Waals surface area contributed by atoms with E-state index in [4.69, 9.17) is 0 Å². The molecule has 1 aliphatic heterocycles. The summed E-state index contributed by atoms with van der Waals surface area (Å²) in [4.78, 5) is 28.6. The highest BCUT2D eigenvalue weighted by Gasteiger charge is 2.45. The third kappa shape index (κ3) is 4.72. The molecule has 2 aromatic carbocycles. The highest BCUT2D eigenvalue weighted by atomic mass is 32.2. The Hall–Kier alpha value is -2.27. The van der Waals surface area contributed by atoms with Crippen LogP contribution in [-0.2, 0) is 11.3 Å². The zero-order valence-electron chi connectivity index (χ0n) is 17.5. The number of benzene rings is 2. The van der Waals surface area contributed by atoms with E-state index >= 15 is 0 Å². The molecule has 0 radical (unpaired) electrons. The van der Waals surface area contributed by atoms with Crippen LogP contribution in [0.25, 0.3) is 0 Å². The number of thioether (sulfide) groups is 1. The molecule has 1 heterocycles. The number of rotatable bonds is 5. The van der Waals surface area contributed by atoms with E-state index in [-0.39, 0.29) is 17.2 Å². The van der Waals surface area contributed by atoms with Crippen molar-refractivity contribution in [3.8, 4) is 0 Å². The van der Waals surface area contributed by atoms with Crippen molar-refractivity contribution in [2.45, 2.75) is 57.0 Å². The predicted octanol–water partition coefficient (Wildman–Crippen LogP) is 4.78. The van der Waals surface area contributed by atoms with Crippen molar-refractivity contribution in [3.63, 3.8) is 0 Å². The van der Waals surface area contributed by atoms with Gasteiger partial charge in [0.15, 0.2) is 0 Å². The monoisotopic (exact) mass is 422 g/mol. The molecule has 1 saturated heterocycles. The number of hydrogen-bond acceptors (Lipinski definition) is 3. The fourth-order valence-electron chi connectivity index (χ4n) is 4.52. The summed E-state index contributed by atoms with van der Waals surface area (Å²) in [5, 5.41) is 3.15. The van der Waals surface area contributed by atoms with Crippen molar-refractivity contribution in [3.05, 3.63) is 71.3 Å². The quantitative estimate of drug-likeness (QED) is 0.755. The second kappa shape index (κ2) is 9.69. The zero-order valence-corrected chi connectivity index (χ0v) is 18.4. The second-order valence-corrected chi connectivity index (χ2v) is 9.57. The van der Waals surface area contributed by atoms with Gasteiger partial charge in [-0.05, 0) is 43.4 Å². The molecule has 4 nitrogen and oxygen atoms in total. The van der Waals surface area contributed by atoms with E-state index in [9.17, 15) is 9.59 Å². The third-order valence-corrected chi connectivity index (χ3v) is 7.69. The van der Waals surface area contributed by atoms with E-state index in [1.54, 1.807) is 11.8 Å². The Kier molecular flexibility index (Phi) is 6.78. The van der Waals surface area contributed by atoms with Gasteiger partial charge in [-0.15, -0.1) is 11.8 Å². The Bertz CT molecular complexity index is 862. The molecule has 2 fully saturated rings. The van der Waals surface area contributed by atoms with Gasteiger partial charge in [-0.2, -0.15) is 0 Å². The lowest BCUT2D eigenvalue weighted by atomic mass is 9.88. The largest absolute Gasteiger partial charge is 0.350 e. The van der Waals surface area contributed by atoms with E-state index in [2.05, 4.69) is 5.32 Å². The van der Waals surface area contributed by atoms with E-state index in [0.29, 0.717) is 23.8 Å². The van der Waals surface area contributed by atoms with Gasteiger partial charge in [0.05, 0.1) is 5.37 Å². The van der Waals surface area contributed by atoms with Gasteiger partial charge in [0, 0.05) is 17.9 Å². The Labute approximate surface area is 183 Å². The third-order valence-electron chi connectivity index (χ3n) is 6.23. The Morgan fingerprint density at radius 1 is 1.00 bits per heavy atom. The number of nitrogens with one attached hydrogen (secondary N) is 1. The van der Waals surface area contributed by atoms with Gasteiger partial charge < -0.3 is 10.2 Å². The molecule has 0 spiro atoms. The van der Waals surface area contributed by atoms with Crippen LogP contribution in [0.1, 0.15) is 53.6 Å². The molecular weight excluding hydrogens is 392 g/mol. The van der Waals surface area contributed by atoms with Gasteiger partial charge in [0.25, 0.3) is 5.91 Å². The molecule has 30 heavy (non-hydrogen) atoms. The molecule has 2 atom stereocenters. The number of carbonyl (C=O) groups excluding carboxylic acids is 2. The number of aryl methyl sites for hydroxylation is 1. The first-order chi connectivity index (χ1) is 14.6. The molecule has 2 unspecified atom stereocenters. The number of carbonyl (C=O) groups is 2. The zero-order chi connectivity index (χ0) is 20.9. The van der Waals surface area contributed by atoms with Crippen LogP contribution in [0.3, 0.4) is 0 Å². The van der Waals surface area contributed by atoms with Crippen LogP contribution in [0.5, 0.6) is 0 Å². The van der Waals surface area contributed by atoms with Crippen molar-refractivity contribution >= 4 is 23.6 Å². The lowest BCUT2D eigenvalue weighted by Crippen LogP contribution is -2.51. The van der Waals surface area contributed by atoms with Crippen LogP contribution in [0.2, 0.25) is 0 Å². The van der Waals surface area contributed by atoms with Crippen LogP contribution < -0.4 is 5.32 Å². The van der Waals surface area contributed by atoms with E-state index in [1.165, 1.54) is 19.3 Å². The standard InChI is InChI=1S/C25H30N2O2S/c1-18-12-14-20(15-13-18)24(29)27-22(17-30-25(27)21-10-6-3-7-11-21)23(28)26-16-19-8-4-2-5-9-19/h2,4-5,8-9,12-15,21-22,25H,3,6-7,10-11,16-17H2,1H3,(H,26,28). The van der Waals surface area contributed by atoms with Gasteiger partial charge in [0.2, 0.25) is 5.91 Å². The van der Waals surface area contributed by atoms with Gasteiger partial charge in [-0.3, -0.25) is 9.59 Å². The minimum absolute atomic E-state index is 0.0181. The minimum atomic E-state index is -0.417. The maximum atomic E-state index is 13.5. The summed E-state index contributed by atoms with van der Waals surface area (Å²) in [6, 6.07) is 17.2. The van der Waals surface area contributed by atoms with Gasteiger partial charge in [-0.1, -0.05) is 67.3 Å². The molecule has 2 aromatic rings. The first kappa shape index (κ1) is 21.0. The maximum absolute atomic E-state index is 13.5. The summed E-state index contributed by atoms with van der Waals surface area (Å²) in [7, 11) is 0. The molecule has 158 valence electrons. The summed E-state index contributed by atoms with van der Waals surface area (Å²) in [5.41, 5.74) is 2.87. The van der Waals surface area contributed by atoms with Crippen molar-refractivity contribution in [2.75, 3.05) is 5.75 Å². The lowest BCUT2D eigenvalue weighted by molar-refractivity contribution is -0.125.